The summed E-state index contributed by atoms with van der Waals surface area (Å²) < 4.78 is 4.73. The van der Waals surface area contributed by atoms with Crippen LogP contribution in [-0.4, -0.2) is 65.6 Å². The molecule has 2 aliphatic heterocycles. The van der Waals surface area contributed by atoms with Crippen molar-refractivity contribution in [3.8, 4) is 0 Å². The Labute approximate surface area is 274 Å². The smallest absolute Gasteiger partial charge is 0.305 e. The summed E-state index contributed by atoms with van der Waals surface area (Å²) in [4.78, 5) is 55.9. The summed E-state index contributed by atoms with van der Waals surface area (Å²) in [5.74, 6) is -1.75. The third-order valence-corrected chi connectivity index (χ3v) is 9.17. The average molecular weight is 640 g/mol. The van der Waals surface area contributed by atoms with Crippen molar-refractivity contribution in [2.24, 2.45) is 5.92 Å². The maximum absolute atomic E-state index is 14.0. The highest BCUT2D eigenvalue weighted by molar-refractivity contribution is 6.08. The molecule has 0 bridgehead atoms. The van der Waals surface area contributed by atoms with Crippen LogP contribution in [0.3, 0.4) is 0 Å². The highest BCUT2D eigenvalue weighted by Crippen LogP contribution is 2.47. The zero-order valence-corrected chi connectivity index (χ0v) is 26.7. The van der Waals surface area contributed by atoms with Gasteiger partial charge in [-0.25, -0.2) is 0 Å². The fraction of sp³-hybridized carbons (Fsp3) is 0.351. The number of carbonyl (C=O) groups excluding carboxylic acids is 4. The summed E-state index contributed by atoms with van der Waals surface area (Å²) in [6.07, 6.45) is 5.85. The second kappa shape index (κ2) is 14.7. The van der Waals surface area contributed by atoms with Crippen LogP contribution in [0.5, 0.6) is 0 Å². The van der Waals surface area contributed by atoms with Gasteiger partial charge in [0, 0.05) is 48.8 Å². The van der Waals surface area contributed by atoms with Crippen molar-refractivity contribution < 1.29 is 34.1 Å². The number of nitrogens with zero attached hydrogens (tertiary/aromatic N) is 3. The van der Waals surface area contributed by atoms with Crippen LogP contribution in [0.25, 0.3) is 0 Å². The number of anilines is 3. The molecule has 47 heavy (non-hydrogen) atoms. The molecule has 3 atom stereocenters. The molecule has 10 heteroatoms. The first-order chi connectivity index (χ1) is 22.7. The van der Waals surface area contributed by atoms with E-state index in [9.17, 15) is 29.4 Å². The summed E-state index contributed by atoms with van der Waals surface area (Å²) in [6, 6.07) is 21.7. The number of rotatable bonds is 13. The van der Waals surface area contributed by atoms with Crippen LogP contribution in [0, 0.1) is 5.92 Å². The first kappa shape index (κ1) is 33.6. The first-order valence-corrected chi connectivity index (χ1v) is 15.9. The molecule has 2 N–H and O–H groups in total. The fourth-order valence-electron chi connectivity index (χ4n) is 6.48. The van der Waals surface area contributed by atoms with Gasteiger partial charge in [-0.2, -0.15) is 0 Å². The van der Waals surface area contributed by atoms with Crippen molar-refractivity contribution >= 4 is 41.3 Å². The molecule has 0 radical (unpaired) electrons. The monoisotopic (exact) mass is 639 g/mol. The Morgan fingerprint density at radius 2 is 1.77 bits per heavy atom. The number of esters is 1. The number of hydrogen-bond donors (Lipinski definition) is 2. The van der Waals surface area contributed by atoms with Gasteiger partial charge in [-0.15, -0.1) is 0 Å². The summed E-state index contributed by atoms with van der Waals surface area (Å²) in [7, 11) is 1.33. The van der Waals surface area contributed by atoms with Gasteiger partial charge in [0.05, 0.1) is 25.4 Å². The Morgan fingerprint density at radius 1 is 1.04 bits per heavy atom. The van der Waals surface area contributed by atoms with Crippen LogP contribution in [0.1, 0.15) is 49.3 Å². The van der Waals surface area contributed by atoms with Gasteiger partial charge in [0.2, 0.25) is 12.3 Å². The Balaban J connectivity index is 1.39. The average Bonchev–Trinajstić information content (AvgIpc) is 3.32. The molecule has 3 aromatic carbocycles. The van der Waals surface area contributed by atoms with Gasteiger partial charge in [0.25, 0.3) is 5.91 Å². The summed E-state index contributed by atoms with van der Waals surface area (Å²) >= 11 is 0. The molecule has 0 aliphatic carbocycles. The molecule has 0 aromatic heterocycles. The summed E-state index contributed by atoms with van der Waals surface area (Å²) in [6.45, 7) is 2.25. The minimum Gasteiger partial charge on any atom is -0.469 e. The van der Waals surface area contributed by atoms with Gasteiger partial charge in [-0.3, -0.25) is 24.1 Å². The van der Waals surface area contributed by atoms with Crippen molar-refractivity contribution in [1.29, 1.82) is 0 Å². The van der Waals surface area contributed by atoms with Crippen LogP contribution in [0.4, 0.5) is 17.1 Å². The fourth-order valence-corrected chi connectivity index (χ4v) is 6.48. The Morgan fingerprint density at radius 3 is 2.47 bits per heavy atom. The van der Waals surface area contributed by atoms with Crippen molar-refractivity contribution in [1.82, 2.24) is 4.90 Å². The lowest BCUT2D eigenvalue weighted by Crippen LogP contribution is -2.46. The normalized spacial score (nSPS) is 19.3. The molecule has 0 saturated carbocycles. The number of hydrogen-bond acceptors (Lipinski definition) is 7. The molecular weight excluding hydrogens is 598 g/mol. The molecule has 0 unspecified atom stereocenters. The summed E-state index contributed by atoms with van der Waals surface area (Å²) in [5, 5.41) is 22.2. The number of amides is 3. The Kier molecular flexibility index (Phi) is 10.5. The van der Waals surface area contributed by atoms with Crippen molar-refractivity contribution in [3.05, 3.63) is 102 Å². The number of ether oxygens (including phenoxy) is 1. The lowest BCUT2D eigenvalue weighted by molar-refractivity contribution is -0.140. The van der Waals surface area contributed by atoms with Crippen LogP contribution in [-0.2, 0) is 42.5 Å². The summed E-state index contributed by atoms with van der Waals surface area (Å²) in [5.41, 5.74) is 2.18. The van der Waals surface area contributed by atoms with Gasteiger partial charge >= 0.3 is 5.97 Å². The van der Waals surface area contributed by atoms with Gasteiger partial charge in [0.15, 0.2) is 5.60 Å². The van der Waals surface area contributed by atoms with Crippen LogP contribution in [0.2, 0.25) is 0 Å². The van der Waals surface area contributed by atoms with Crippen molar-refractivity contribution in [3.63, 3.8) is 0 Å². The van der Waals surface area contributed by atoms with Gasteiger partial charge < -0.3 is 24.7 Å². The SMILES string of the molecule is COC(=O)CCCCN1C(=O)[C@@](O)([C@@H](C)/C=C/CC(=O)N2Cc3ccccc3C[C@H]2CO)c2cc(N(C=O)c3ccccc3)ccc21. The standard InChI is InChI=1S/C37H41N3O7/c1-26(11-10-16-34(43)39-23-28-13-7-6-12-27(28)21-31(39)24-41)37(46)32-22-30(40(25-42)29-14-4-3-5-15-29)18-19-33(32)38(36(37)45)20-9-8-17-35(44)47-2/h3-7,10-15,18-19,22,25-26,31,41,46H,8-9,16-17,20-21,23-24H2,1-2H3/b11-10+/t26-,31-,37+/m0/s1. The number of para-hydroxylation sites is 1. The molecule has 2 heterocycles. The topological polar surface area (TPSA) is 128 Å². The predicted molar refractivity (Wildman–Crippen MR) is 178 cm³/mol. The van der Waals surface area contributed by atoms with Crippen LogP contribution in [0.15, 0.2) is 84.9 Å². The number of aliphatic hydroxyl groups excluding tert-OH is 1. The molecule has 5 rings (SSSR count). The minimum atomic E-state index is -1.98. The Bertz CT molecular complexity index is 1640. The maximum Gasteiger partial charge on any atom is 0.305 e. The van der Waals surface area contributed by atoms with Gasteiger partial charge in [0.1, 0.15) is 0 Å². The number of aliphatic hydroxyl groups is 2. The van der Waals surface area contributed by atoms with Gasteiger partial charge in [-0.1, -0.05) is 61.5 Å². The number of unbranched alkanes of at least 4 members (excludes halogenated alkanes) is 1. The lowest BCUT2D eigenvalue weighted by Gasteiger charge is -2.36. The quantitative estimate of drug-likeness (QED) is 0.123. The first-order valence-electron chi connectivity index (χ1n) is 15.9. The zero-order chi connectivity index (χ0) is 33.6. The molecule has 3 amide bonds. The van der Waals surface area contributed by atoms with E-state index < -0.39 is 17.4 Å². The molecule has 3 aromatic rings. The Hall–Kier alpha value is -4.80. The van der Waals surface area contributed by atoms with E-state index in [1.54, 1.807) is 54.3 Å². The number of fused-ring (bicyclic) bond motifs is 2. The number of benzene rings is 3. The number of methoxy groups -OCH3 is 1. The lowest BCUT2D eigenvalue weighted by atomic mass is 9.82. The second-order valence-electron chi connectivity index (χ2n) is 12.0. The van der Waals surface area contributed by atoms with E-state index in [1.165, 1.54) is 16.9 Å². The zero-order valence-electron chi connectivity index (χ0n) is 26.7. The highest BCUT2D eigenvalue weighted by Gasteiger charge is 2.52. The van der Waals surface area contributed by atoms with Crippen molar-refractivity contribution in [2.45, 2.75) is 57.2 Å². The van der Waals surface area contributed by atoms with E-state index >= 15 is 0 Å². The second-order valence-corrected chi connectivity index (χ2v) is 12.0. The van der Waals surface area contributed by atoms with Crippen LogP contribution < -0.4 is 9.80 Å². The molecule has 0 fully saturated rings. The van der Waals surface area contributed by atoms with Crippen molar-refractivity contribution in [2.75, 3.05) is 30.1 Å². The largest absolute Gasteiger partial charge is 0.469 e. The molecule has 0 spiro atoms. The number of carbonyl (C=O) groups is 4. The van der Waals surface area contributed by atoms with E-state index in [2.05, 4.69) is 0 Å². The van der Waals surface area contributed by atoms with E-state index in [0.29, 0.717) is 54.8 Å². The molecule has 246 valence electrons. The minimum absolute atomic E-state index is 0.0321. The van der Waals surface area contributed by atoms with E-state index in [1.807, 2.05) is 42.5 Å². The predicted octanol–water partition coefficient (Wildman–Crippen LogP) is 4.39. The third kappa shape index (κ3) is 6.84. The van der Waals surface area contributed by atoms with E-state index in [4.69, 9.17) is 4.74 Å². The molecular formula is C37H41N3O7. The van der Waals surface area contributed by atoms with Crippen LogP contribution >= 0.6 is 0 Å². The third-order valence-electron chi connectivity index (χ3n) is 9.17. The highest BCUT2D eigenvalue weighted by atomic mass is 16.5. The van der Waals surface area contributed by atoms with Gasteiger partial charge in [-0.05, 0) is 60.7 Å². The molecule has 10 nitrogen and oxygen atoms in total. The maximum atomic E-state index is 14.0. The van der Waals surface area contributed by atoms with E-state index in [0.717, 1.165) is 11.1 Å². The molecule has 2 aliphatic rings. The van der Waals surface area contributed by atoms with E-state index in [-0.39, 0.29) is 43.9 Å². The molecule has 0 saturated heterocycles.